The Morgan fingerprint density at radius 1 is 1.35 bits per heavy atom. The van der Waals surface area contributed by atoms with Crippen LogP contribution in [-0.2, 0) is 19.0 Å². The number of amides is 1. The Bertz CT molecular complexity index is 309. The van der Waals surface area contributed by atoms with E-state index in [4.69, 9.17) is 9.47 Å². The van der Waals surface area contributed by atoms with E-state index >= 15 is 0 Å². The Morgan fingerprint density at radius 2 is 1.94 bits per heavy atom. The van der Waals surface area contributed by atoms with Gasteiger partial charge in [-0.05, 0) is 27.7 Å². The number of rotatable bonds is 1. The molecular formula is C11H19NO5. The van der Waals surface area contributed by atoms with Gasteiger partial charge in [-0.2, -0.15) is 0 Å². The third-order valence-corrected chi connectivity index (χ3v) is 2.30. The molecule has 2 atom stereocenters. The molecular weight excluding hydrogens is 226 g/mol. The van der Waals surface area contributed by atoms with Crippen LogP contribution in [0.4, 0.5) is 4.79 Å². The molecule has 0 saturated carbocycles. The lowest BCUT2D eigenvalue weighted by atomic mass is 10.2. The third-order valence-electron chi connectivity index (χ3n) is 2.30. The van der Waals surface area contributed by atoms with Gasteiger partial charge in [0.2, 0.25) is 0 Å². The van der Waals surface area contributed by atoms with Gasteiger partial charge >= 0.3 is 12.1 Å². The van der Waals surface area contributed by atoms with Crippen LogP contribution in [0.2, 0.25) is 0 Å². The number of carbonyl (C=O) groups is 2. The zero-order valence-electron chi connectivity index (χ0n) is 10.9. The molecule has 1 amide bonds. The molecule has 6 nitrogen and oxygen atoms in total. The van der Waals surface area contributed by atoms with E-state index in [0.717, 1.165) is 0 Å². The average Bonchev–Trinajstić information content (AvgIpc) is 2.56. The predicted octanol–water partition coefficient (Wildman–Crippen LogP) is 1.14. The first kappa shape index (κ1) is 13.8. The molecule has 1 heterocycles. The topological polar surface area (TPSA) is 65.1 Å². The largest absolute Gasteiger partial charge is 0.467 e. The molecule has 0 spiro atoms. The molecule has 0 N–H and O–H groups in total. The highest BCUT2D eigenvalue weighted by molar-refractivity contribution is 5.82. The Balaban J connectivity index is 2.78. The summed E-state index contributed by atoms with van der Waals surface area (Å²) in [4.78, 5) is 24.7. The third kappa shape index (κ3) is 3.33. The molecule has 0 aliphatic carbocycles. The number of esters is 1. The van der Waals surface area contributed by atoms with E-state index in [1.54, 1.807) is 27.7 Å². The Kier molecular flexibility index (Phi) is 3.98. The van der Waals surface area contributed by atoms with E-state index in [1.807, 2.05) is 0 Å². The Hall–Kier alpha value is -1.30. The van der Waals surface area contributed by atoms with Gasteiger partial charge in [-0.3, -0.25) is 4.90 Å². The van der Waals surface area contributed by atoms with Crippen molar-refractivity contribution in [2.24, 2.45) is 0 Å². The van der Waals surface area contributed by atoms with Crippen LogP contribution in [0.1, 0.15) is 27.7 Å². The SMILES string of the molecule is COC(=O)C1CO[C@@H](C)N1C(=O)OC(C)(C)C. The predicted molar refractivity (Wildman–Crippen MR) is 59.3 cm³/mol. The zero-order valence-corrected chi connectivity index (χ0v) is 10.9. The van der Waals surface area contributed by atoms with Crippen LogP contribution < -0.4 is 0 Å². The van der Waals surface area contributed by atoms with Crippen molar-refractivity contribution in [3.8, 4) is 0 Å². The molecule has 6 heteroatoms. The summed E-state index contributed by atoms with van der Waals surface area (Å²) in [6, 6.07) is -0.732. The maximum absolute atomic E-state index is 11.9. The van der Waals surface area contributed by atoms with Crippen LogP contribution in [-0.4, -0.2) is 48.5 Å². The lowest BCUT2D eigenvalue weighted by molar-refractivity contribution is -0.145. The molecule has 1 fully saturated rings. The Labute approximate surface area is 101 Å². The van der Waals surface area contributed by atoms with Crippen molar-refractivity contribution in [2.45, 2.75) is 45.6 Å². The minimum Gasteiger partial charge on any atom is -0.467 e. The molecule has 1 aliphatic heterocycles. The quantitative estimate of drug-likeness (QED) is 0.648. The fourth-order valence-electron chi connectivity index (χ4n) is 1.55. The smallest absolute Gasteiger partial charge is 0.413 e. The first-order chi connectivity index (χ1) is 7.76. The van der Waals surface area contributed by atoms with Crippen molar-refractivity contribution in [3.05, 3.63) is 0 Å². The Morgan fingerprint density at radius 3 is 2.41 bits per heavy atom. The molecule has 0 aromatic carbocycles. The van der Waals surface area contributed by atoms with Crippen LogP contribution in [0.15, 0.2) is 0 Å². The van der Waals surface area contributed by atoms with Crippen LogP contribution in [0.5, 0.6) is 0 Å². The van der Waals surface area contributed by atoms with E-state index in [2.05, 4.69) is 4.74 Å². The van der Waals surface area contributed by atoms with E-state index in [-0.39, 0.29) is 6.61 Å². The van der Waals surface area contributed by atoms with Gasteiger partial charge in [-0.25, -0.2) is 9.59 Å². The van der Waals surface area contributed by atoms with Gasteiger partial charge in [0.25, 0.3) is 0 Å². The molecule has 0 aromatic heterocycles. The molecule has 1 aliphatic rings. The maximum Gasteiger partial charge on any atom is 0.413 e. The van der Waals surface area contributed by atoms with Gasteiger partial charge in [0, 0.05) is 0 Å². The van der Waals surface area contributed by atoms with Gasteiger partial charge < -0.3 is 14.2 Å². The minimum atomic E-state index is -0.732. The lowest BCUT2D eigenvalue weighted by Crippen LogP contribution is -2.47. The highest BCUT2D eigenvalue weighted by Gasteiger charge is 2.42. The van der Waals surface area contributed by atoms with Crippen LogP contribution in [0, 0.1) is 0 Å². The normalized spacial score (nSPS) is 24.6. The second-order valence-electron chi connectivity index (χ2n) is 4.86. The summed E-state index contributed by atoms with van der Waals surface area (Å²) < 4.78 is 15.1. The van der Waals surface area contributed by atoms with Crippen molar-refractivity contribution in [1.29, 1.82) is 0 Å². The number of carbonyl (C=O) groups excluding carboxylic acids is 2. The first-order valence-corrected chi connectivity index (χ1v) is 5.47. The fraction of sp³-hybridized carbons (Fsp3) is 0.818. The summed E-state index contributed by atoms with van der Waals surface area (Å²) in [5, 5.41) is 0. The molecule has 0 aromatic rings. The molecule has 1 unspecified atom stereocenters. The van der Waals surface area contributed by atoms with Crippen molar-refractivity contribution < 1.29 is 23.8 Å². The van der Waals surface area contributed by atoms with E-state index in [9.17, 15) is 9.59 Å². The van der Waals surface area contributed by atoms with Gasteiger partial charge in [-0.1, -0.05) is 0 Å². The highest BCUT2D eigenvalue weighted by Crippen LogP contribution is 2.21. The average molecular weight is 245 g/mol. The van der Waals surface area contributed by atoms with Gasteiger partial charge in [-0.15, -0.1) is 0 Å². The molecule has 0 radical (unpaired) electrons. The summed E-state index contributed by atoms with van der Waals surface area (Å²) in [7, 11) is 1.28. The fourth-order valence-corrected chi connectivity index (χ4v) is 1.55. The molecule has 1 saturated heterocycles. The number of hydrogen-bond donors (Lipinski definition) is 0. The maximum atomic E-state index is 11.9. The van der Waals surface area contributed by atoms with Crippen molar-refractivity contribution in [2.75, 3.05) is 13.7 Å². The van der Waals surface area contributed by atoms with Gasteiger partial charge in [0.15, 0.2) is 6.04 Å². The highest BCUT2D eigenvalue weighted by atomic mass is 16.6. The van der Waals surface area contributed by atoms with Crippen molar-refractivity contribution >= 4 is 12.1 Å². The van der Waals surface area contributed by atoms with Crippen LogP contribution >= 0.6 is 0 Å². The number of methoxy groups -OCH3 is 1. The number of ether oxygens (including phenoxy) is 3. The second kappa shape index (κ2) is 4.91. The summed E-state index contributed by atoms with van der Waals surface area (Å²) in [6.07, 6.45) is -1.06. The number of hydrogen-bond acceptors (Lipinski definition) is 5. The van der Waals surface area contributed by atoms with E-state index in [1.165, 1.54) is 12.0 Å². The summed E-state index contributed by atoms with van der Waals surface area (Å²) in [5.74, 6) is -0.500. The summed E-state index contributed by atoms with van der Waals surface area (Å²) >= 11 is 0. The van der Waals surface area contributed by atoms with Crippen molar-refractivity contribution in [3.63, 3.8) is 0 Å². The molecule has 1 rings (SSSR count). The number of nitrogens with zero attached hydrogens (tertiary/aromatic N) is 1. The molecule has 0 bridgehead atoms. The standard InChI is InChI=1S/C11H19NO5/c1-7-12(10(14)17-11(2,3)4)8(6-16-7)9(13)15-5/h7-8H,6H2,1-5H3/t7-,8?/m0/s1. The van der Waals surface area contributed by atoms with Crippen molar-refractivity contribution in [1.82, 2.24) is 4.90 Å². The monoisotopic (exact) mass is 245 g/mol. The summed E-state index contributed by atoms with van der Waals surface area (Å²) in [6.45, 7) is 7.11. The van der Waals surface area contributed by atoms with Crippen LogP contribution in [0.3, 0.4) is 0 Å². The molecule has 17 heavy (non-hydrogen) atoms. The van der Waals surface area contributed by atoms with Crippen LogP contribution in [0.25, 0.3) is 0 Å². The minimum absolute atomic E-state index is 0.132. The summed E-state index contributed by atoms with van der Waals surface area (Å²) in [5.41, 5.74) is -0.611. The van der Waals surface area contributed by atoms with Gasteiger partial charge in [0.1, 0.15) is 11.8 Å². The first-order valence-electron chi connectivity index (χ1n) is 5.47. The lowest BCUT2D eigenvalue weighted by Gasteiger charge is -2.28. The zero-order chi connectivity index (χ0) is 13.2. The van der Waals surface area contributed by atoms with Gasteiger partial charge in [0.05, 0.1) is 13.7 Å². The van der Waals surface area contributed by atoms with E-state index in [0.29, 0.717) is 0 Å². The molecule has 98 valence electrons. The second-order valence-corrected chi connectivity index (χ2v) is 4.86. The van der Waals surface area contributed by atoms with E-state index < -0.39 is 29.9 Å².